The molecule has 0 aromatic heterocycles. The van der Waals surface area contributed by atoms with Crippen LogP contribution in [-0.4, -0.2) is 26.2 Å². The standard InChI is InChI=1S/C10H11BrClNO2/c1-15-5-4-13-10(14)8-6-7(12)2-3-9(8)11/h2-3,6H,4-5H2,1H3,(H,13,14). The first-order valence-electron chi connectivity index (χ1n) is 4.37. The molecule has 1 N–H and O–H groups in total. The zero-order chi connectivity index (χ0) is 11.3. The lowest BCUT2D eigenvalue weighted by atomic mass is 10.2. The molecule has 0 saturated heterocycles. The van der Waals surface area contributed by atoms with Gasteiger partial charge in [0.25, 0.3) is 5.91 Å². The minimum atomic E-state index is -0.165. The van der Waals surface area contributed by atoms with Gasteiger partial charge in [-0.2, -0.15) is 0 Å². The number of hydrogen-bond donors (Lipinski definition) is 1. The fourth-order valence-electron chi connectivity index (χ4n) is 1.03. The summed E-state index contributed by atoms with van der Waals surface area (Å²) in [5.74, 6) is -0.165. The highest BCUT2D eigenvalue weighted by Gasteiger charge is 2.09. The second-order valence-electron chi connectivity index (χ2n) is 2.87. The molecule has 0 aliphatic carbocycles. The molecular formula is C10H11BrClNO2. The molecule has 0 radical (unpaired) electrons. The summed E-state index contributed by atoms with van der Waals surface area (Å²) in [4.78, 5) is 11.6. The number of carbonyl (C=O) groups excluding carboxylic acids is 1. The van der Waals surface area contributed by atoms with Gasteiger partial charge in [0.15, 0.2) is 0 Å². The van der Waals surface area contributed by atoms with Crippen LogP contribution in [0.1, 0.15) is 10.4 Å². The summed E-state index contributed by atoms with van der Waals surface area (Å²) >= 11 is 9.09. The number of rotatable bonds is 4. The van der Waals surface area contributed by atoms with Gasteiger partial charge < -0.3 is 10.1 Å². The van der Waals surface area contributed by atoms with Crippen molar-refractivity contribution in [3.8, 4) is 0 Å². The van der Waals surface area contributed by atoms with Crippen molar-refractivity contribution in [3.05, 3.63) is 33.3 Å². The number of ether oxygens (including phenoxy) is 1. The Labute approximate surface area is 102 Å². The van der Waals surface area contributed by atoms with Crippen LogP contribution in [0.3, 0.4) is 0 Å². The van der Waals surface area contributed by atoms with Crippen LogP contribution < -0.4 is 5.32 Å². The third kappa shape index (κ3) is 3.81. The smallest absolute Gasteiger partial charge is 0.252 e. The molecule has 0 saturated carbocycles. The summed E-state index contributed by atoms with van der Waals surface area (Å²) in [5, 5.41) is 3.25. The number of carbonyl (C=O) groups is 1. The number of methoxy groups -OCH3 is 1. The maximum atomic E-state index is 11.6. The summed E-state index contributed by atoms with van der Waals surface area (Å²) in [7, 11) is 1.58. The van der Waals surface area contributed by atoms with Gasteiger partial charge in [-0.25, -0.2) is 0 Å². The van der Waals surface area contributed by atoms with Crippen LogP contribution in [0.15, 0.2) is 22.7 Å². The SMILES string of the molecule is COCCNC(=O)c1cc(Cl)ccc1Br. The number of halogens is 2. The molecule has 0 aliphatic heterocycles. The van der Waals surface area contributed by atoms with E-state index in [2.05, 4.69) is 21.2 Å². The Balaban J connectivity index is 2.68. The molecule has 0 fully saturated rings. The van der Waals surface area contributed by atoms with Crippen LogP contribution >= 0.6 is 27.5 Å². The highest BCUT2D eigenvalue weighted by molar-refractivity contribution is 9.10. The van der Waals surface area contributed by atoms with Gasteiger partial charge in [0.1, 0.15) is 0 Å². The van der Waals surface area contributed by atoms with Gasteiger partial charge in [0.2, 0.25) is 0 Å². The van der Waals surface area contributed by atoms with Crippen LogP contribution in [0.5, 0.6) is 0 Å². The molecule has 5 heteroatoms. The fraction of sp³-hybridized carbons (Fsp3) is 0.300. The Kier molecular flexibility index (Phi) is 5.08. The molecular weight excluding hydrogens is 281 g/mol. The maximum absolute atomic E-state index is 11.6. The third-order valence-electron chi connectivity index (χ3n) is 1.76. The Hall–Kier alpha value is -0.580. The summed E-state index contributed by atoms with van der Waals surface area (Å²) < 4.78 is 5.55. The van der Waals surface area contributed by atoms with E-state index in [1.807, 2.05) is 0 Å². The van der Waals surface area contributed by atoms with Crippen LogP contribution in [-0.2, 0) is 4.74 Å². The third-order valence-corrected chi connectivity index (χ3v) is 2.69. The van der Waals surface area contributed by atoms with E-state index in [0.717, 1.165) is 4.47 Å². The predicted octanol–water partition coefficient (Wildman–Crippen LogP) is 2.48. The normalized spacial score (nSPS) is 10.1. The van der Waals surface area contributed by atoms with Gasteiger partial charge in [0.05, 0.1) is 12.2 Å². The molecule has 1 rings (SSSR count). The van der Waals surface area contributed by atoms with Crippen LogP contribution in [0, 0.1) is 0 Å². The minimum Gasteiger partial charge on any atom is -0.383 e. The predicted molar refractivity (Wildman–Crippen MR) is 63.4 cm³/mol. The van der Waals surface area contributed by atoms with Crippen LogP contribution in [0.25, 0.3) is 0 Å². The van der Waals surface area contributed by atoms with Gasteiger partial charge >= 0.3 is 0 Å². The Morgan fingerprint density at radius 3 is 3.00 bits per heavy atom. The maximum Gasteiger partial charge on any atom is 0.252 e. The summed E-state index contributed by atoms with van der Waals surface area (Å²) in [5.41, 5.74) is 0.526. The van der Waals surface area contributed by atoms with Gasteiger partial charge in [-0.3, -0.25) is 4.79 Å². The molecule has 0 atom stereocenters. The average Bonchev–Trinajstić information content (AvgIpc) is 2.22. The molecule has 1 aromatic carbocycles. The number of hydrogen-bond acceptors (Lipinski definition) is 2. The van der Waals surface area contributed by atoms with E-state index in [4.69, 9.17) is 16.3 Å². The largest absolute Gasteiger partial charge is 0.383 e. The first-order chi connectivity index (χ1) is 7.15. The molecule has 0 aliphatic rings. The molecule has 0 bridgehead atoms. The lowest BCUT2D eigenvalue weighted by Crippen LogP contribution is -2.27. The van der Waals surface area contributed by atoms with Gasteiger partial charge in [-0.05, 0) is 34.1 Å². The first kappa shape index (κ1) is 12.5. The molecule has 0 heterocycles. The van der Waals surface area contributed by atoms with Gasteiger partial charge in [-0.15, -0.1) is 0 Å². The van der Waals surface area contributed by atoms with Crippen LogP contribution in [0.4, 0.5) is 0 Å². The van der Waals surface area contributed by atoms with E-state index in [1.165, 1.54) is 0 Å². The topological polar surface area (TPSA) is 38.3 Å². The zero-order valence-corrected chi connectivity index (χ0v) is 10.6. The second kappa shape index (κ2) is 6.10. The highest BCUT2D eigenvalue weighted by Crippen LogP contribution is 2.20. The van der Waals surface area contributed by atoms with E-state index in [-0.39, 0.29) is 5.91 Å². The van der Waals surface area contributed by atoms with Gasteiger partial charge in [-0.1, -0.05) is 11.6 Å². The number of amides is 1. The summed E-state index contributed by atoms with van der Waals surface area (Å²) in [6, 6.07) is 5.08. The molecule has 3 nitrogen and oxygen atoms in total. The van der Waals surface area contributed by atoms with Crippen molar-refractivity contribution in [1.82, 2.24) is 5.32 Å². The summed E-state index contributed by atoms with van der Waals surface area (Å²) in [6.07, 6.45) is 0. The second-order valence-corrected chi connectivity index (χ2v) is 4.16. The van der Waals surface area contributed by atoms with Gasteiger partial charge in [0, 0.05) is 23.1 Å². The van der Waals surface area contributed by atoms with Crippen molar-refractivity contribution in [3.63, 3.8) is 0 Å². The van der Waals surface area contributed by atoms with Crippen molar-refractivity contribution in [2.24, 2.45) is 0 Å². The molecule has 1 amide bonds. The Morgan fingerprint density at radius 1 is 1.60 bits per heavy atom. The molecule has 0 unspecified atom stereocenters. The molecule has 82 valence electrons. The zero-order valence-electron chi connectivity index (χ0n) is 8.22. The first-order valence-corrected chi connectivity index (χ1v) is 5.54. The Bertz CT molecular complexity index is 357. The fourth-order valence-corrected chi connectivity index (χ4v) is 1.63. The lowest BCUT2D eigenvalue weighted by Gasteiger charge is -2.06. The van der Waals surface area contributed by atoms with Crippen molar-refractivity contribution in [1.29, 1.82) is 0 Å². The van der Waals surface area contributed by atoms with E-state index in [1.54, 1.807) is 25.3 Å². The van der Waals surface area contributed by atoms with E-state index in [9.17, 15) is 4.79 Å². The number of nitrogens with one attached hydrogen (secondary N) is 1. The summed E-state index contributed by atoms with van der Waals surface area (Å²) in [6.45, 7) is 0.970. The minimum absolute atomic E-state index is 0.165. The van der Waals surface area contributed by atoms with Crippen molar-refractivity contribution >= 4 is 33.4 Å². The van der Waals surface area contributed by atoms with Crippen molar-refractivity contribution in [2.75, 3.05) is 20.3 Å². The van der Waals surface area contributed by atoms with Crippen molar-refractivity contribution < 1.29 is 9.53 Å². The van der Waals surface area contributed by atoms with E-state index >= 15 is 0 Å². The Morgan fingerprint density at radius 2 is 2.33 bits per heavy atom. The highest BCUT2D eigenvalue weighted by atomic mass is 79.9. The quantitative estimate of drug-likeness (QED) is 0.866. The van der Waals surface area contributed by atoms with Crippen molar-refractivity contribution in [2.45, 2.75) is 0 Å². The molecule has 15 heavy (non-hydrogen) atoms. The average molecular weight is 293 g/mol. The monoisotopic (exact) mass is 291 g/mol. The molecule has 0 spiro atoms. The van der Waals surface area contributed by atoms with E-state index < -0.39 is 0 Å². The van der Waals surface area contributed by atoms with E-state index in [0.29, 0.717) is 23.7 Å². The number of benzene rings is 1. The van der Waals surface area contributed by atoms with Crippen LogP contribution in [0.2, 0.25) is 5.02 Å². The lowest BCUT2D eigenvalue weighted by molar-refractivity contribution is 0.0936. The molecule has 1 aromatic rings.